The Bertz CT molecular complexity index is 1140. The van der Waals surface area contributed by atoms with Crippen molar-refractivity contribution in [3.8, 4) is 6.07 Å². The fourth-order valence-corrected chi connectivity index (χ4v) is 4.50. The van der Waals surface area contributed by atoms with E-state index in [1.165, 1.54) is 17.8 Å². The second kappa shape index (κ2) is 8.72. The Labute approximate surface area is 179 Å². The summed E-state index contributed by atoms with van der Waals surface area (Å²) < 4.78 is 14.0. The highest BCUT2D eigenvalue weighted by Gasteiger charge is 2.23. The highest BCUT2D eigenvalue weighted by molar-refractivity contribution is 8.00. The molecule has 5 nitrogen and oxygen atoms in total. The van der Waals surface area contributed by atoms with Crippen molar-refractivity contribution in [2.45, 2.75) is 11.9 Å². The van der Waals surface area contributed by atoms with Crippen LogP contribution in [0.25, 0.3) is 10.9 Å². The van der Waals surface area contributed by atoms with E-state index in [-0.39, 0.29) is 17.5 Å². The molecule has 4 rings (SSSR count). The van der Waals surface area contributed by atoms with Gasteiger partial charge in [-0.2, -0.15) is 5.26 Å². The quantitative estimate of drug-likeness (QED) is 0.597. The zero-order valence-corrected chi connectivity index (χ0v) is 17.5. The molecule has 1 aromatic heterocycles. The second-order valence-electron chi connectivity index (χ2n) is 7.21. The van der Waals surface area contributed by atoms with E-state index in [4.69, 9.17) is 0 Å². The number of benzene rings is 2. The molecule has 0 saturated carbocycles. The molecule has 2 aromatic carbocycles. The van der Waals surface area contributed by atoms with Gasteiger partial charge in [-0.05, 0) is 30.7 Å². The van der Waals surface area contributed by atoms with E-state index in [0.29, 0.717) is 42.5 Å². The van der Waals surface area contributed by atoms with E-state index in [2.05, 4.69) is 11.1 Å². The van der Waals surface area contributed by atoms with Gasteiger partial charge in [-0.1, -0.05) is 42.1 Å². The van der Waals surface area contributed by atoms with Gasteiger partial charge in [0.15, 0.2) is 0 Å². The molecule has 0 unspecified atom stereocenters. The van der Waals surface area contributed by atoms with E-state index >= 15 is 0 Å². The number of rotatable bonds is 4. The van der Waals surface area contributed by atoms with E-state index in [1.807, 2.05) is 42.2 Å². The number of carbonyl (C=O) groups excluding carboxylic acids is 1. The number of halogens is 1. The van der Waals surface area contributed by atoms with Gasteiger partial charge in [-0.3, -0.25) is 4.79 Å². The summed E-state index contributed by atoms with van der Waals surface area (Å²) in [5.41, 5.74) is 2.95. The third-order valence-electron chi connectivity index (χ3n) is 5.29. The molecule has 30 heavy (non-hydrogen) atoms. The summed E-state index contributed by atoms with van der Waals surface area (Å²) in [5, 5.41) is 11.0. The highest BCUT2D eigenvalue weighted by atomic mass is 32.2. The van der Waals surface area contributed by atoms with Crippen LogP contribution in [0, 0.1) is 24.1 Å². The molecule has 1 fully saturated rings. The van der Waals surface area contributed by atoms with Gasteiger partial charge >= 0.3 is 0 Å². The number of nitrogens with zero attached hydrogens (tertiary/aromatic N) is 4. The largest absolute Gasteiger partial charge is 0.366 e. The minimum absolute atomic E-state index is 0.00348. The normalized spacial score (nSPS) is 14.0. The molecule has 3 aromatic rings. The van der Waals surface area contributed by atoms with Crippen LogP contribution in [0.4, 0.5) is 10.1 Å². The molecule has 1 amide bonds. The van der Waals surface area contributed by atoms with Gasteiger partial charge in [-0.15, -0.1) is 0 Å². The lowest BCUT2D eigenvalue weighted by Gasteiger charge is -2.36. The van der Waals surface area contributed by atoms with Crippen LogP contribution in [0.1, 0.15) is 11.1 Å². The first-order valence-electron chi connectivity index (χ1n) is 9.77. The summed E-state index contributed by atoms with van der Waals surface area (Å²) in [4.78, 5) is 21.1. The third-order valence-corrected chi connectivity index (χ3v) is 6.27. The number of fused-ring (bicyclic) bond motifs is 1. The lowest BCUT2D eigenvalue weighted by molar-refractivity contribution is -0.128. The Hall–Kier alpha value is -3.11. The van der Waals surface area contributed by atoms with Gasteiger partial charge in [0.05, 0.1) is 22.5 Å². The molecule has 0 atom stereocenters. The van der Waals surface area contributed by atoms with Crippen LogP contribution in [0.3, 0.4) is 0 Å². The van der Waals surface area contributed by atoms with Gasteiger partial charge < -0.3 is 9.80 Å². The zero-order valence-electron chi connectivity index (χ0n) is 16.6. The minimum atomic E-state index is -0.241. The first-order chi connectivity index (χ1) is 14.6. The van der Waals surface area contributed by atoms with Crippen LogP contribution in [0.2, 0.25) is 0 Å². The molecule has 2 heterocycles. The molecule has 152 valence electrons. The number of hydrogen-bond acceptors (Lipinski definition) is 5. The predicted molar refractivity (Wildman–Crippen MR) is 117 cm³/mol. The Morgan fingerprint density at radius 2 is 1.93 bits per heavy atom. The molecule has 1 aliphatic rings. The van der Waals surface area contributed by atoms with Crippen LogP contribution in [-0.4, -0.2) is 47.7 Å². The van der Waals surface area contributed by atoms with Crippen LogP contribution in [-0.2, 0) is 4.79 Å². The number of para-hydroxylation sites is 2. The van der Waals surface area contributed by atoms with E-state index < -0.39 is 0 Å². The Kier molecular flexibility index (Phi) is 5.86. The molecule has 0 spiro atoms. The lowest BCUT2D eigenvalue weighted by atomic mass is 10.1. The number of aromatic nitrogens is 1. The summed E-state index contributed by atoms with van der Waals surface area (Å²) >= 11 is 1.30. The SMILES string of the molecule is Cc1cccc2cc(C#N)c(SCC(=O)N3CCN(c4ccccc4F)CC3)nc12. The first kappa shape index (κ1) is 20.2. The number of thioether (sulfide) groups is 1. The summed E-state index contributed by atoms with van der Waals surface area (Å²) in [7, 11) is 0. The average molecular weight is 421 g/mol. The number of piperazine rings is 1. The molecular formula is C23H21FN4OS. The van der Waals surface area contributed by atoms with Gasteiger partial charge in [0.2, 0.25) is 5.91 Å². The number of aryl methyl sites for hydroxylation is 1. The average Bonchev–Trinajstić information content (AvgIpc) is 2.78. The maximum Gasteiger partial charge on any atom is 0.233 e. The standard InChI is InChI=1S/C23H21FN4OS/c1-16-5-4-6-17-13-18(14-25)23(26-22(16)17)30-15-21(29)28-11-9-27(10-12-28)20-8-3-2-7-19(20)24/h2-8,13H,9-12,15H2,1H3. The highest BCUT2D eigenvalue weighted by Crippen LogP contribution is 2.27. The Morgan fingerprint density at radius 3 is 2.67 bits per heavy atom. The van der Waals surface area contributed by atoms with E-state index in [9.17, 15) is 14.4 Å². The molecule has 7 heteroatoms. The van der Waals surface area contributed by atoms with Crippen LogP contribution < -0.4 is 4.90 Å². The number of pyridine rings is 1. The predicted octanol–water partition coefficient (Wildman–Crippen LogP) is 3.99. The van der Waals surface area contributed by atoms with Crippen molar-refractivity contribution in [2.75, 3.05) is 36.8 Å². The Morgan fingerprint density at radius 1 is 1.17 bits per heavy atom. The molecule has 1 saturated heterocycles. The Balaban J connectivity index is 1.40. The fraction of sp³-hybridized carbons (Fsp3) is 0.261. The molecule has 0 radical (unpaired) electrons. The van der Waals surface area contributed by atoms with Crippen molar-refractivity contribution < 1.29 is 9.18 Å². The topological polar surface area (TPSA) is 60.2 Å². The third kappa shape index (κ3) is 4.10. The first-order valence-corrected chi connectivity index (χ1v) is 10.8. The number of carbonyl (C=O) groups is 1. The van der Waals surface area contributed by atoms with Gasteiger partial charge in [0, 0.05) is 31.6 Å². The van der Waals surface area contributed by atoms with Gasteiger partial charge in [0.1, 0.15) is 16.9 Å². The minimum Gasteiger partial charge on any atom is -0.366 e. The maximum absolute atomic E-state index is 14.0. The van der Waals surface area contributed by atoms with Gasteiger partial charge in [0.25, 0.3) is 0 Å². The number of hydrogen-bond donors (Lipinski definition) is 0. The van der Waals surface area contributed by atoms with Crippen molar-refractivity contribution in [3.05, 3.63) is 65.5 Å². The molecule has 0 bridgehead atoms. The molecule has 0 aliphatic carbocycles. The summed E-state index contributed by atoms with van der Waals surface area (Å²) in [6.07, 6.45) is 0. The summed E-state index contributed by atoms with van der Waals surface area (Å²) in [6.45, 7) is 4.25. The molecular weight excluding hydrogens is 399 g/mol. The number of nitriles is 1. The summed E-state index contributed by atoms with van der Waals surface area (Å²) in [6, 6.07) is 16.6. The number of amides is 1. The van der Waals surface area contributed by atoms with Crippen molar-refractivity contribution >= 4 is 34.3 Å². The van der Waals surface area contributed by atoms with Crippen molar-refractivity contribution in [1.29, 1.82) is 5.26 Å². The smallest absolute Gasteiger partial charge is 0.233 e. The van der Waals surface area contributed by atoms with Crippen molar-refractivity contribution in [3.63, 3.8) is 0 Å². The second-order valence-corrected chi connectivity index (χ2v) is 8.17. The molecule has 0 N–H and O–H groups in total. The van der Waals surface area contributed by atoms with E-state index in [1.54, 1.807) is 17.0 Å². The van der Waals surface area contributed by atoms with Crippen molar-refractivity contribution in [1.82, 2.24) is 9.88 Å². The monoisotopic (exact) mass is 420 g/mol. The molecule has 1 aliphatic heterocycles. The maximum atomic E-state index is 14.0. The number of anilines is 1. The van der Waals surface area contributed by atoms with Crippen LogP contribution in [0.5, 0.6) is 0 Å². The fourth-order valence-electron chi connectivity index (χ4n) is 3.65. The van der Waals surface area contributed by atoms with Crippen molar-refractivity contribution in [2.24, 2.45) is 0 Å². The van der Waals surface area contributed by atoms with Crippen LogP contribution in [0.15, 0.2) is 53.6 Å². The van der Waals surface area contributed by atoms with Crippen LogP contribution >= 0.6 is 11.8 Å². The summed E-state index contributed by atoms with van der Waals surface area (Å²) in [5.74, 6) is -0.0167. The van der Waals surface area contributed by atoms with E-state index in [0.717, 1.165) is 16.5 Å². The zero-order chi connectivity index (χ0) is 21.1. The lowest BCUT2D eigenvalue weighted by Crippen LogP contribution is -2.49. The van der Waals surface area contributed by atoms with Gasteiger partial charge in [-0.25, -0.2) is 9.37 Å².